The van der Waals surface area contributed by atoms with Crippen molar-refractivity contribution in [3.05, 3.63) is 70.9 Å². The van der Waals surface area contributed by atoms with Crippen LogP contribution in [0.5, 0.6) is 17.2 Å². The minimum atomic E-state index is -0.765. The molecule has 1 aliphatic rings. The standard InChI is InChI=1S/C26H28N2O8/c1-5-35-25(30)23-18(27-26(31)28-24(23)16-9-7-6-8-10-16)15-36-22(29)12-11-17-13-20(33-3)21(34-4)14-19(17)32-2/h6-14,24H,5,15H2,1-4H3,(H2,27,28,31)/b12-11+. The zero-order valence-electron chi connectivity index (χ0n) is 20.5. The summed E-state index contributed by atoms with van der Waals surface area (Å²) >= 11 is 0. The van der Waals surface area contributed by atoms with Crippen LogP contribution in [0.15, 0.2) is 59.8 Å². The van der Waals surface area contributed by atoms with Gasteiger partial charge in [-0.15, -0.1) is 0 Å². The number of amides is 2. The normalized spacial score (nSPS) is 15.1. The molecule has 0 aliphatic carbocycles. The average Bonchev–Trinajstić information content (AvgIpc) is 2.90. The first-order chi connectivity index (χ1) is 17.4. The summed E-state index contributed by atoms with van der Waals surface area (Å²) in [6.45, 7) is 1.47. The number of carbonyl (C=O) groups is 3. The van der Waals surface area contributed by atoms with Gasteiger partial charge in [-0.2, -0.15) is 0 Å². The highest BCUT2D eigenvalue weighted by Gasteiger charge is 2.34. The molecule has 2 N–H and O–H groups in total. The SMILES string of the molecule is CCOC(=O)C1=C(COC(=O)/C=C/c2cc(OC)c(OC)cc2OC)NC(=O)NC1c1ccccc1. The van der Waals surface area contributed by atoms with Crippen LogP contribution in [-0.4, -0.2) is 52.5 Å². The minimum Gasteiger partial charge on any atom is -0.496 e. The van der Waals surface area contributed by atoms with Gasteiger partial charge in [0.15, 0.2) is 11.5 Å². The predicted molar refractivity (Wildman–Crippen MR) is 131 cm³/mol. The van der Waals surface area contributed by atoms with Crippen LogP contribution in [0.2, 0.25) is 0 Å². The summed E-state index contributed by atoms with van der Waals surface area (Å²) in [5, 5.41) is 5.28. The Balaban J connectivity index is 1.83. The molecule has 0 saturated carbocycles. The van der Waals surface area contributed by atoms with Gasteiger partial charge in [-0.3, -0.25) is 0 Å². The Morgan fingerprint density at radius 3 is 2.25 bits per heavy atom. The molecule has 190 valence electrons. The molecule has 0 spiro atoms. The fraction of sp³-hybridized carbons (Fsp3) is 0.269. The van der Waals surface area contributed by atoms with E-state index in [4.69, 9.17) is 23.7 Å². The Morgan fingerprint density at radius 1 is 0.944 bits per heavy atom. The highest BCUT2D eigenvalue weighted by molar-refractivity contribution is 5.95. The third-order valence-corrected chi connectivity index (χ3v) is 5.28. The van der Waals surface area contributed by atoms with Crippen LogP contribution >= 0.6 is 0 Å². The molecule has 1 aliphatic heterocycles. The third kappa shape index (κ3) is 6.15. The molecule has 36 heavy (non-hydrogen) atoms. The number of carbonyl (C=O) groups excluding carboxylic acids is 3. The van der Waals surface area contributed by atoms with Gasteiger partial charge < -0.3 is 34.3 Å². The second-order valence-electron chi connectivity index (χ2n) is 7.45. The quantitative estimate of drug-likeness (QED) is 0.380. The third-order valence-electron chi connectivity index (χ3n) is 5.28. The monoisotopic (exact) mass is 496 g/mol. The van der Waals surface area contributed by atoms with Crippen LogP contribution in [0.3, 0.4) is 0 Å². The number of esters is 2. The van der Waals surface area contributed by atoms with E-state index in [0.29, 0.717) is 28.4 Å². The molecule has 1 unspecified atom stereocenters. The zero-order chi connectivity index (χ0) is 26.1. The molecule has 1 heterocycles. The molecular weight excluding hydrogens is 468 g/mol. The van der Waals surface area contributed by atoms with Gasteiger partial charge in [-0.05, 0) is 24.6 Å². The summed E-state index contributed by atoms with van der Waals surface area (Å²) < 4.78 is 26.4. The number of nitrogens with one attached hydrogen (secondary N) is 2. The lowest BCUT2D eigenvalue weighted by Crippen LogP contribution is -2.47. The van der Waals surface area contributed by atoms with Gasteiger partial charge in [0, 0.05) is 17.7 Å². The van der Waals surface area contributed by atoms with E-state index in [1.165, 1.54) is 33.5 Å². The van der Waals surface area contributed by atoms with E-state index in [2.05, 4.69) is 10.6 Å². The number of hydrogen-bond donors (Lipinski definition) is 2. The number of methoxy groups -OCH3 is 3. The van der Waals surface area contributed by atoms with Crippen molar-refractivity contribution in [3.8, 4) is 17.2 Å². The Hall–Kier alpha value is -4.47. The van der Waals surface area contributed by atoms with E-state index >= 15 is 0 Å². The maximum Gasteiger partial charge on any atom is 0.338 e. The van der Waals surface area contributed by atoms with Gasteiger partial charge in [0.1, 0.15) is 12.4 Å². The largest absolute Gasteiger partial charge is 0.496 e. The first kappa shape index (κ1) is 26.1. The van der Waals surface area contributed by atoms with Crippen molar-refractivity contribution < 1.29 is 38.1 Å². The van der Waals surface area contributed by atoms with E-state index in [-0.39, 0.29) is 24.5 Å². The molecule has 2 amide bonds. The molecule has 0 fully saturated rings. The zero-order valence-corrected chi connectivity index (χ0v) is 20.5. The Labute approximate surface area is 208 Å². The fourth-order valence-corrected chi connectivity index (χ4v) is 3.61. The number of urea groups is 1. The summed E-state index contributed by atoms with van der Waals surface area (Å²) in [4.78, 5) is 37.6. The second kappa shape index (κ2) is 12.3. The van der Waals surface area contributed by atoms with Crippen LogP contribution in [0.1, 0.15) is 24.1 Å². The van der Waals surface area contributed by atoms with Crippen LogP contribution in [0.4, 0.5) is 4.79 Å². The number of ether oxygens (including phenoxy) is 5. The Morgan fingerprint density at radius 2 is 1.61 bits per heavy atom. The van der Waals surface area contributed by atoms with Crippen molar-refractivity contribution in [2.75, 3.05) is 34.5 Å². The summed E-state index contributed by atoms with van der Waals surface area (Å²) in [5.74, 6) is 0.0597. The van der Waals surface area contributed by atoms with Gasteiger partial charge in [-0.25, -0.2) is 14.4 Å². The number of benzene rings is 2. The van der Waals surface area contributed by atoms with E-state index in [0.717, 1.165) is 0 Å². The Bertz CT molecular complexity index is 1170. The molecular formula is C26H28N2O8. The van der Waals surface area contributed by atoms with Gasteiger partial charge >= 0.3 is 18.0 Å². The fourth-order valence-electron chi connectivity index (χ4n) is 3.61. The van der Waals surface area contributed by atoms with Crippen LogP contribution in [0, 0.1) is 0 Å². The Kier molecular flexibility index (Phi) is 8.93. The van der Waals surface area contributed by atoms with E-state index < -0.39 is 24.0 Å². The molecule has 1 atom stereocenters. The lowest BCUT2D eigenvalue weighted by atomic mass is 9.95. The molecule has 3 rings (SSSR count). The van der Waals surface area contributed by atoms with Crippen LogP contribution in [0.25, 0.3) is 6.08 Å². The topological polar surface area (TPSA) is 121 Å². The van der Waals surface area contributed by atoms with E-state index in [1.54, 1.807) is 43.3 Å². The van der Waals surface area contributed by atoms with Gasteiger partial charge in [0.05, 0.1) is 45.2 Å². The molecule has 10 heteroatoms. The lowest BCUT2D eigenvalue weighted by Gasteiger charge is -2.29. The molecule has 0 radical (unpaired) electrons. The molecule has 10 nitrogen and oxygen atoms in total. The number of rotatable bonds is 10. The van der Waals surface area contributed by atoms with Crippen LogP contribution < -0.4 is 24.8 Å². The van der Waals surface area contributed by atoms with Gasteiger partial charge in [0.2, 0.25) is 0 Å². The lowest BCUT2D eigenvalue weighted by molar-refractivity contribution is -0.140. The number of hydrogen-bond acceptors (Lipinski definition) is 8. The van der Waals surface area contributed by atoms with Crippen molar-refractivity contribution in [2.24, 2.45) is 0 Å². The first-order valence-electron chi connectivity index (χ1n) is 11.1. The summed E-state index contributed by atoms with van der Waals surface area (Å²) in [6, 6.07) is 10.9. The van der Waals surface area contributed by atoms with Crippen molar-refractivity contribution in [3.63, 3.8) is 0 Å². The second-order valence-corrected chi connectivity index (χ2v) is 7.45. The highest BCUT2D eigenvalue weighted by atomic mass is 16.5. The smallest absolute Gasteiger partial charge is 0.338 e. The highest BCUT2D eigenvalue weighted by Crippen LogP contribution is 2.35. The summed E-state index contributed by atoms with van der Waals surface area (Å²) in [5.41, 5.74) is 1.52. The van der Waals surface area contributed by atoms with Crippen LogP contribution in [-0.2, 0) is 19.1 Å². The van der Waals surface area contributed by atoms with Gasteiger partial charge in [-0.1, -0.05) is 30.3 Å². The maximum atomic E-state index is 12.8. The minimum absolute atomic E-state index is 0.136. The molecule has 2 aromatic rings. The molecule has 0 aromatic heterocycles. The van der Waals surface area contributed by atoms with Gasteiger partial charge in [0.25, 0.3) is 0 Å². The van der Waals surface area contributed by atoms with Crippen molar-refractivity contribution in [2.45, 2.75) is 13.0 Å². The predicted octanol–water partition coefficient (Wildman–Crippen LogP) is 3.14. The van der Waals surface area contributed by atoms with Crippen molar-refractivity contribution >= 4 is 24.0 Å². The first-order valence-corrected chi connectivity index (χ1v) is 11.1. The molecule has 2 aromatic carbocycles. The maximum absolute atomic E-state index is 12.8. The van der Waals surface area contributed by atoms with E-state index in [9.17, 15) is 14.4 Å². The molecule has 0 saturated heterocycles. The van der Waals surface area contributed by atoms with E-state index in [1.807, 2.05) is 6.07 Å². The van der Waals surface area contributed by atoms with Crippen molar-refractivity contribution in [1.82, 2.24) is 10.6 Å². The summed E-state index contributed by atoms with van der Waals surface area (Å²) in [7, 11) is 4.49. The summed E-state index contributed by atoms with van der Waals surface area (Å²) in [6.07, 6.45) is 2.70. The molecule has 0 bridgehead atoms. The van der Waals surface area contributed by atoms with Crippen molar-refractivity contribution in [1.29, 1.82) is 0 Å². The average molecular weight is 497 g/mol.